The lowest BCUT2D eigenvalue weighted by Gasteiger charge is -2.18. The Bertz CT molecular complexity index is 825. The molecule has 26 heavy (non-hydrogen) atoms. The van der Waals surface area contributed by atoms with Gasteiger partial charge in [-0.05, 0) is 36.8 Å². The molecule has 2 aromatic carbocycles. The number of benzene rings is 2. The number of nitrogens with zero attached hydrogens (tertiary/aromatic N) is 2. The van der Waals surface area contributed by atoms with Gasteiger partial charge in [0.25, 0.3) is 11.6 Å². The molecule has 0 radical (unpaired) electrons. The van der Waals surface area contributed by atoms with E-state index in [1.165, 1.54) is 42.3 Å². The third-order valence-electron chi connectivity index (χ3n) is 3.79. The van der Waals surface area contributed by atoms with Gasteiger partial charge in [-0.1, -0.05) is 6.07 Å². The number of rotatable bonds is 7. The average Bonchev–Trinajstić information content (AvgIpc) is 2.59. The van der Waals surface area contributed by atoms with Crippen LogP contribution >= 0.6 is 0 Å². The molecule has 0 aliphatic carbocycles. The molecule has 0 aromatic heterocycles. The molecule has 7 nitrogen and oxygen atoms in total. The van der Waals surface area contributed by atoms with Crippen molar-refractivity contribution in [3.05, 3.63) is 63.5 Å². The first-order valence-electron chi connectivity index (χ1n) is 7.76. The summed E-state index contributed by atoms with van der Waals surface area (Å²) in [4.78, 5) is 23.9. The van der Waals surface area contributed by atoms with Crippen LogP contribution in [-0.2, 0) is 11.3 Å². The lowest BCUT2D eigenvalue weighted by molar-refractivity contribution is -0.385. The summed E-state index contributed by atoms with van der Waals surface area (Å²) in [6, 6.07) is 8.76. The van der Waals surface area contributed by atoms with Crippen molar-refractivity contribution < 1.29 is 23.6 Å². The summed E-state index contributed by atoms with van der Waals surface area (Å²) in [5.41, 5.74) is 1.05. The molecule has 0 saturated carbocycles. The second-order valence-corrected chi connectivity index (χ2v) is 5.71. The predicted octanol–water partition coefficient (Wildman–Crippen LogP) is 3.09. The van der Waals surface area contributed by atoms with E-state index in [2.05, 4.69) is 0 Å². The van der Waals surface area contributed by atoms with E-state index < -0.39 is 10.7 Å². The normalized spacial score (nSPS) is 10.3. The van der Waals surface area contributed by atoms with E-state index in [0.717, 1.165) is 0 Å². The molecule has 0 spiro atoms. The van der Waals surface area contributed by atoms with Crippen molar-refractivity contribution in [2.75, 3.05) is 20.8 Å². The number of likely N-dealkylation sites (N-methyl/N-ethyl adjacent to an activating group) is 1. The topological polar surface area (TPSA) is 81.9 Å². The first-order chi connectivity index (χ1) is 12.3. The zero-order chi connectivity index (χ0) is 19.3. The van der Waals surface area contributed by atoms with Gasteiger partial charge in [0.2, 0.25) is 0 Å². The van der Waals surface area contributed by atoms with E-state index in [4.69, 9.17) is 9.47 Å². The summed E-state index contributed by atoms with van der Waals surface area (Å²) in [6.45, 7) is 1.58. The van der Waals surface area contributed by atoms with Gasteiger partial charge >= 0.3 is 0 Å². The third kappa shape index (κ3) is 4.69. The number of carbonyl (C=O) groups is 1. The Morgan fingerprint density at radius 2 is 2.00 bits per heavy atom. The zero-order valence-corrected chi connectivity index (χ0v) is 14.7. The van der Waals surface area contributed by atoms with Crippen molar-refractivity contribution in [3.8, 4) is 11.5 Å². The molecular formula is C18H19FN2O5. The van der Waals surface area contributed by atoms with Crippen molar-refractivity contribution in [1.82, 2.24) is 4.90 Å². The SMILES string of the molecule is COc1ccc(CN(C)C(=O)COc2ccc([N+](=O)[O-])c(C)c2)cc1F. The van der Waals surface area contributed by atoms with E-state index in [-0.39, 0.29) is 30.5 Å². The first kappa shape index (κ1) is 19.2. The first-order valence-corrected chi connectivity index (χ1v) is 7.76. The van der Waals surface area contributed by atoms with Gasteiger partial charge in [-0.15, -0.1) is 0 Å². The van der Waals surface area contributed by atoms with Gasteiger partial charge in [0.15, 0.2) is 18.2 Å². The minimum Gasteiger partial charge on any atom is -0.494 e. The maximum atomic E-state index is 13.7. The van der Waals surface area contributed by atoms with Crippen LogP contribution in [0.3, 0.4) is 0 Å². The number of aryl methyl sites for hydroxylation is 1. The highest BCUT2D eigenvalue weighted by atomic mass is 19.1. The van der Waals surface area contributed by atoms with Gasteiger partial charge in [0.05, 0.1) is 12.0 Å². The molecule has 8 heteroatoms. The number of methoxy groups -OCH3 is 1. The molecule has 0 unspecified atom stereocenters. The van der Waals surface area contributed by atoms with Gasteiger partial charge in [-0.3, -0.25) is 14.9 Å². The fourth-order valence-electron chi connectivity index (χ4n) is 2.35. The quantitative estimate of drug-likeness (QED) is 0.558. The summed E-state index contributed by atoms with van der Waals surface area (Å²) in [7, 11) is 2.96. The second-order valence-electron chi connectivity index (χ2n) is 5.71. The Kier molecular flexibility index (Phi) is 6.11. The number of ether oxygens (including phenoxy) is 2. The number of carbonyl (C=O) groups excluding carboxylic acids is 1. The van der Waals surface area contributed by atoms with E-state index in [9.17, 15) is 19.3 Å². The second kappa shape index (κ2) is 8.28. The molecule has 0 aliphatic rings. The molecule has 2 aromatic rings. The molecule has 0 bridgehead atoms. The predicted molar refractivity (Wildman–Crippen MR) is 92.8 cm³/mol. The number of nitro groups is 1. The highest BCUT2D eigenvalue weighted by Gasteiger charge is 2.14. The molecule has 138 valence electrons. The summed E-state index contributed by atoms with van der Waals surface area (Å²) in [5.74, 6) is -0.300. The summed E-state index contributed by atoms with van der Waals surface area (Å²) in [6.07, 6.45) is 0. The fraction of sp³-hybridized carbons (Fsp3) is 0.278. The Morgan fingerprint density at radius 1 is 1.27 bits per heavy atom. The van der Waals surface area contributed by atoms with Crippen LogP contribution in [-0.4, -0.2) is 36.5 Å². The molecule has 0 saturated heterocycles. The highest BCUT2D eigenvalue weighted by molar-refractivity contribution is 5.77. The number of amides is 1. The third-order valence-corrected chi connectivity index (χ3v) is 3.79. The molecule has 0 atom stereocenters. The van der Waals surface area contributed by atoms with Gasteiger partial charge < -0.3 is 14.4 Å². The molecule has 0 heterocycles. The largest absolute Gasteiger partial charge is 0.494 e. The van der Waals surface area contributed by atoms with Gasteiger partial charge in [0, 0.05) is 25.2 Å². The van der Waals surface area contributed by atoms with Crippen LogP contribution in [0, 0.1) is 22.9 Å². The molecule has 1 amide bonds. The molecule has 0 aliphatic heterocycles. The molecule has 2 rings (SSSR count). The summed E-state index contributed by atoms with van der Waals surface area (Å²) in [5, 5.41) is 10.8. The van der Waals surface area contributed by atoms with Crippen molar-refractivity contribution >= 4 is 11.6 Å². The van der Waals surface area contributed by atoms with Crippen molar-refractivity contribution in [2.45, 2.75) is 13.5 Å². The Hall–Kier alpha value is -3.16. The van der Waals surface area contributed by atoms with Crippen LogP contribution in [0.4, 0.5) is 10.1 Å². The van der Waals surface area contributed by atoms with Crippen molar-refractivity contribution in [3.63, 3.8) is 0 Å². The minimum absolute atomic E-state index is 0.0117. The fourth-order valence-corrected chi connectivity index (χ4v) is 2.35. The number of hydrogen-bond acceptors (Lipinski definition) is 5. The smallest absolute Gasteiger partial charge is 0.272 e. The van der Waals surface area contributed by atoms with Crippen molar-refractivity contribution in [1.29, 1.82) is 0 Å². The van der Waals surface area contributed by atoms with Crippen molar-refractivity contribution in [2.24, 2.45) is 0 Å². The minimum atomic E-state index is -0.497. The van der Waals surface area contributed by atoms with E-state index in [0.29, 0.717) is 16.9 Å². The van der Waals surface area contributed by atoms with E-state index in [1.807, 2.05) is 0 Å². The number of halogens is 1. The Morgan fingerprint density at radius 3 is 2.58 bits per heavy atom. The van der Waals surface area contributed by atoms with Gasteiger partial charge in [-0.2, -0.15) is 0 Å². The Labute approximate surface area is 150 Å². The maximum absolute atomic E-state index is 13.7. The van der Waals surface area contributed by atoms with Crippen LogP contribution in [0.15, 0.2) is 36.4 Å². The molecule has 0 N–H and O–H groups in total. The average molecular weight is 362 g/mol. The standard InChI is InChI=1S/C18H19FN2O5/c1-12-8-14(5-6-16(12)21(23)24)26-11-18(22)20(2)10-13-4-7-17(25-3)15(19)9-13/h4-9H,10-11H2,1-3H3. The monoisotopic (exact) mass is 362 g/mol. The molecule has 0 fully saturated rings. The maximum Gasteiger partial charge on any atom is 0.272 e. The van der Waals surface area contributed by atoms with Crippen LogP contribution in [0.25, 0.3) is 0 Å². The van der Waals surface area contributed by atoms with Gasteiger partial charge in [-0.25, -0.2) is 4.39 Å². The summed E-state index contributed by atoms with van der Waals surface area (Å²) >= 11 is 0. The molecular weight excluding hydrogens is 343 g/mol. The number of hydrogen-bond donors (Lipinski definition) is 0. The summed E-state index contributed by atoms with van der Waals surface area (Å²) < 4.78 is 23.9. The Balaban J connectivity index is 1.94. The zero-order valence-electron chi connectivity index (χ0n) is 14.7. The van der Waals surface area contributed by atoms with Gasteiger partial charge in [0.1, 0.15) is 5.75 Å². The van der Waals surface area contributed by atoms with Crippen LogP contribution in [0.5, 0.6) is 11.5 Å². The van der Waals surface area contributed by atoms with Crippen LogP contribution < -0.4 is 9.47 Å². The highest BCUT2D eigenvalue weighted by Crippen LogP contribution is 2.23. The lowest BCUT2D eigenvalue weighted by atomic mass is 10.2. The van der Waals surface area contributed by atoms with E-state index in [1.54, 1.807) is 20.0 Å². The van der Waals surface area contributed by atoms with Crippen LogP contribution in [0.2, 0.25) is 0 Å². The van der Waals surface area contributed by atoms with E-state index >= 15 is 0 Å². The van der Waals surface area contributed by atoms with Crippen LogP contribution in [0.1, 0.15) is 11.1 Å². The number of nitro benzene ring substituents is 1. The lowest BCUT2D eigenvalue weighted by Crippen LogP contribution is -2.31.